The molecule has 0 atom stereocenters. The van der Waals surface area contributed by atoms with Gasteiger partial charge in [-0.2, -0.15) is 0 Å². The summed E-state index contributed by atoms with van der Waals surface area (Å²) in [5.41, 5.74) is 4.13. The molecule has 1 aliphatic rings. The lowest BCUT2D eigenvalue weighted by molar-refractivity contribution is 0.254. The van der Waals surface area contributed by atoms with Gasteiger partial charge in [-0.15, -0.1) is 6.58 Å². The Morgan fingerprint density at radius 3 is 2.24 bits per heavy atom. The topological polar surface area (TPSA) is 0 Å². The van der Waals surface area contributed by atoms with Gasteiger partial charge in [0.15, 0.2) is 0 Å². The second kappa shape index (κ2) is 12.0. The molecule has 4 rings (SSSR count). The second-order valence-corrected chi connectivity index (χ2v) is 9.96. The van der Waals surface area contributed by atoms with Gasteiger partial charge in [-0.25, -0.2) is 4.39 Å². The Morgan fingerprint density at radius 2 is 1.53 bits per heavy atom. The van der Waals surface area contributed by atoms with Crippen LogP contribution in [-0.4, -0.2) is 0 Å². The molecular weight excluding hydrogens is 415 g/mol. The van der Waals surface area contributed by atoms with Gasteiger partial charge in [0.2, 0.25) is 0 Å². The van der Waals surface area contributed by atoms with Crippen LogP contribution in [0.15, 0.2) is 67.3 Å². The van der Waals surface area contributed by atoms with Crippen LogP contribution in [0.2, 0.25) is 0 Å². The number of fused-ring (bicyclic) bond motifs is 1. The number of hydrogen-bond donors (Lipinski definition) is 0. The first-order valence-electron chi connectivity index (χ1n) is 13.1. The summed E-state index contributed by atoms with van der Waals surface area (Å²) in [7, 11) is 0. The molecule has 0 unspecified atom stereocenters. The molecule has 1 heteroatoms. The van der Waals surface area contributed by atoms with Crippen LogP contribution in [0.5, 0.6) is 0 Å². The predicted octanol–water partition coefficient (Wildman–Crippen LogP) is 9.04. The summed E-state index contributed by atoms with van der Waals surface area (Å²) in [5, 5.41) is 1.63. The van der Waals surface area contributed by atoms with E-state index in [-0.39, 0.29) is 5.82 Å². The van der Waals surface area contributed by atoms with Crippen molar-refractivity contribution in [2.24, 2.45) is 11.8 Å². The van der Waals surface area contributed by atoms with Crippen molar-refractivity contribution in [3.8, 4) is 11.8 Å². The van der Waals surface area contributed by atoms with Crippen LogP contribution in [0.1, 0.15) is 80.5 Å². The minimum Gasteiger partial charge on any atom is -0.206 e. The van der Waals surface area contributed by atoms with Crippen molar-refractivity contribution < 1.29 is 4.39 Å². The van der Waals surface area contributed by atoms with Crippen LogP contribution in [-0.2, 0) is 12.8 Å². The van der Waals surface area contributed by atoms with Crippen molar-refractivity contribution in [2.45, 2.75) is 71.1 Å². The molecule has 0 aliphatic heterocycles. The Balaban J connectivity index is 1.38. The summed E-state index contributed by atoms with van der Waals surface area (Å²) < 4.78 is 15.3. The molecule has 0 saturated heterocycles. The quantitative estimate of drug-likeness (QED) is 0.236. The summed E-state index contributed by atoms with van der Waals surface area (Å²) in [6.45, 7) is 6.04. The molecule has 0 spiro atoms. The standard InChI is InChI=1S/C33H37F/c1-3-5-7-26-10-14-28(15-11-26)18-20-30-21-22-31-24-29(19-23-32(31)33(30)34)17-16-27-12-8-25(6-4-2)9-13-27/h3,8-9,12-13,19,21-24,26,28H,1,4-7,10-11,14-15,18,20H2,2H3. The fourth-order valence-corrected chi connectivity index (χ4v) is 5.32. The van der Waals surface area contributed by atoms with E-state index in [4.69, 9.17) is 0 Å². The molecule has 1 saturated carbocycles. The molecule has 0 heterocycles. The van der Waals surface area contributed by atoms with Gasteiger partial charge in [-0.1, -0.05) is 87.3 Å². The lowest BCUT2D eigenvalue weighted by atomic mass is 9.78. The fraction of sp³-hybridized carbons (Fsp3) is 0.394. The third-order valence-corrected chi connectivity index (χ3v) is 7.45. The molecule has 0 amide bonds. The predicted molar refractivity (Wildman–Crippen MR) is 144 cm³/mol. The van der Waals surface area contributed by atoms with Crippen LogP contribution >= 0.6 is 0 Å². The lowest BCUT2D eigenvalue weighted by Crippen LogP contribution is -2.15. The van der Waals surface area contributed by atoms with Crippen LogP contribution in [0.25, 0.3) is 10.8 Å². The van der Waals surface area contributed by atoms with Gasteiger partial charge >= 0.3 is 0 Å². The largest absolute Gasteiger partial charge is 0.206 e. The van der Waals surface area contributed by atoms with Gasteiger partial charge in [-0.3, -0.25) is 0 Å². The van der Waals surface area contributed by atoms with Gasteiger partial charge < -0.3 is 0 Å². The zero-order chi connectivity index (χ0) is 23.8. The van der Waals surface area contributed by atoms with Gasteiger partial charge in [0.05, 0.1) is 0 Å². The van der Waals surface area contributed by atoms with Gasteiger partial charge in [0, 0.05) is 16.5 Å². The maximum atomic E-state index is 15.3. The molecule has 176 valence electrons. The molecule has 0 nitrogen and oxygen atoms in total. The molecule has 3 aromatic carbocycles. The van der Waals surface area contributed by atoms with Crippen molar-refractivity contribution in [3.05, 3.63) is 95.3 Å². The minimum absolute atomic E-state index is 0.0526. The van der Waals surface area contributed by atoms with Crippen LogP contribution in [0, 0.1) is 29.5 Å². The van der Waals surface area contributed by atoms with Crippen molar-refractivity contribution in [1.82, 2.24) is 0 Å². The van der Waals surface area contributed by atoms with E-state index < -0.39 is 0 Å². The van der Waals surface area contributed by atoms with E-state index in [0.29, 0.717) is 5.39 Å². The summed E-state index contributed by atoms with van der Waals surface area (Å²) in [6, 6.07) is 18.4. The molecule has 0 radical (unpaired) electrons. The first kappa shape index (κ1) is 24.3. The summed E-state index contributed by atoms with van der Waals surface area (Å²) in [4.78, 5) is 0. The van der Waals surface area contributed by atoms with Gasteiger partial charge in [-0.05, 0) is 84.7 Å². The molecule has 0 aromatic heterocycles. The highest BCUT2D eigenvalue weighted by atomic mass is 19.1. The average Bonchev–Trinajstić information content (AvgIpc) is 2.87. The van der Waals surface area contributed by atoms with E-state index in [0.717, 1.165) is 66.0 Å². The zero-order valence-corrected chi connectivity index (χ0v) is 20.6. The van der Waals surface area contributed by atoms with E-state index in [1.807, 2.05) is 30.3 Å². The molecule has 1 aliphatic carbocycles. The van der Waals surface area contributed by atoms with Gasteiger partial charge in [0.1, 0.15) is 5.82 Å². The summed E-state index contributed by atoms with van der Waals surface area (Å²) in [5.74, 6) is 8.04. The van der Waals surface area contributed by atoms with Crippen LogP contribution in [0.4, 0.5) is 4.39 Å². The van der Waals surface area contributed by atoms with Gasteiger partial charge in [0.25, 0.3) is 0 Å². The average molecular weight is 453 g/mol. The maximum Gasteiger partial charge on any atom is 0.134 e. The SMILES string of the molecule is C=CCCC1CCC(CCc2ccc3cc(C#Cc4ccc(CCC)cc4)ccc3c2F)CC1. The number of halogens is 1. The number of aryl methyl sites for hydroxylation is 2. The molecule has 0 N–H and O–H groups in total. The first-order chi connectivity index (χ1) is 16.7. The fourth-order valence-electron chi connectivity index (χ4n) is 5.32. The Morgan fingerprint density at radius 1 is 0.853 bits per heavy atom. The second-order valence-electron chi connectivity index (χ2n) is 9.96. The highest BCUT2D eigenvalue weighted by Gasteiger charge is 2.21. The number of rotatable bonds is 8. The molecule has 3 aromatic rings. The van der Waals surface area contributed by atoms with Crippen LogP contribution < -0.4 is 0 Å². The third kappa shape index (κ3) is 6.38. The minimum atomic E-state index is -0.0526. The van der Waals surface area contributed by atoms with E-state index in [2.05, 4.69) is 55.7 Å². The van der Waals surface area contributed by atoms with Crippen molar-refractivity contribution in [3.63, 3.8) is 0 Å². The smallest absolute Gasteiger partial charge is 0.134 e. The van der Waals surface area contributed by atoms with E-state index >= 15 is 4.39 Å². The molecule has 34 heavy (non-hydrogen) atoms. The Labute approximate surface area is 205 Å². The van der Waals surface area contributed by atoms with E-state index in [1.165, 1.54) is 37.7 Å². The normalized spacial score (nSPS) is 17.8. The van der Waals surface area contributed by atoms with E-state index in [1.54, 1.807) is 0 Å². The number of allylic oxidation sites excluding steroid dienone is 1. The zero-order valence-electron chi connectivity index (χ0n) is 20.6. The third-order valence-electron chi connectivity index (χ3n) is 7.45. The highest BCUT2D eigenvalue weighted by molar-refractivity contribution is 5.85. The lowest BCUT2D eigenvalue weighted by Gasteiger charge is -2.28. The Bertz CT molecular complexity index is 1150. The Kier molecular flexibility index (Phi) is 8.59. The van der Waals surface area contributed by atoms with Crippen molar-refractivity contribution >= 4 is 10.8 Å². The first-order valence-corrected chi connectivity index (χ1v) is 13.1. The number of hydrogen-bond acceptors (Lipinski definition) is 0. The molecule has 0 bridgehead atoms. The molecule has 1 fully saturated rings. The highest BCUT2D eigenvalue weighted by Crippen LogP contribution is 2.34. The Hall–Kier alpha value is -2.85. The van der Waals surface area contributed by atoms with Crippen molar-refractivity contribution in [1.29, 1.82) is 0 Å². The monoisotopic (exact) mass is 452 g/mol. The van der Waals surface area contributed by atoms with Crippen molar-refractivity contribution in [2.75, 3.05) is 0 Å². The maximum absolute atomic E-state index is 15.3. The molecular formula is C33H37F. The summed E-state index contributed by atoms with van der Waals surface area (Å²) >= 11 is 0. The number of benzene rings is 3. The van der Waals surface area contributed by atoms with Crippen LogP contribution in [0.3, 0.4) is 0 Å². The van der Waals surface area contributed by atoms with E-state index in [9.17, 15) is 0 Å². The summed E-state index contributed by atoms with van der Waals surface area (Å²) in [6.07, 6.45) is 13.9.